The minimum Gasteiger partial charge on any atom is -0.258 e. The van der Waals surface area contributed by atoms with Crippen LogP contribution in [-0.2, 0) is 9.84 Å². The van der Waals surface area contributed by atoms with E-state index in [4.69, 9.17) is 0 Å². The van der Waals surface area contributed by atoms with Crippen molar-refractivity contribution >= 4 is 21.6 Å². The number of nitrogens with zero attached hydrogens (tertiary/aromatic N) is 1. The zero-order valence-electron chi connectivity index (χ0n) is 10.3. The second-order valence-electron chi connectivity index (χ2n) is 3.98. The SMILES string of the molecule is O=[N+]([O-])c1ccccc1S(=O)(=O)/C=C/c1ccccc1. The van der Waals surface area contributed by atoms with Crippen molar-refractivity contribution in [2.24, 2.45) is 0 Å². The quantitative estimate of drug-likeness (QED) is 0.640. The van der Waals surface area contributed by atoms with Crippen LogP contribution in [0.4, 0.5) is 5.69 Å². The van der Waals surface area contributed by atoms with Crippen LogP contribution < -0.4 is 0 Å². The molecule has 0 aromatic heterocycles. The summed E-state index contributed by atoms with van der Waals surface area (Å²) in [6, 6.07) is 14.1. The molecule has 0 aliphatic rings. The fourth-order valence-electron chi connectivity index (χ4n) is 1.65. The maximum Gasteiger partial charge on any atom is 0.288 e. The number of sulfone groups is 1. The van der Waals surface area contributed by atoms with Crippen molar-refractivity contribution in [1.29, 1.82) is 0 Å². The molecular weight excluding hydrogens is 278 g/mol. The van der Waals surface area contributed by atoms with E-state index in [2.05, 4.69) is 0 Å². The summed E-state index contributed by atoms with van der Waals surface area (Å²) in [5.41, 5.74) is 0.278. The van der Waals surface area contributed by atoms with Gasteiger partial charge < -0.3 is 0 Å². The molecule has 2 aromatic rings. The van der Waals surface area contributed by atoms with Crippen LogP contribution in [-0.4, -0.2) is 13.3 Å². The van der Waals surface area contributed by atoms with Crippen LogP contribution >= 0.6 is 0 Å². The van der Waals surface area contributed by atoms with Crippen molar-refractivity contribution < 1.29 is 13.3 Å². The van der Waals surface area contributed by atoms with Gasteiger partial charge in [-0.2, -0.15) is 0 Å². The largest absolute Gasteiger partial charge is 0.288 e. The molecular formula is C14H11NO4S. The lowest BCUT2D eigenvalue weighted by atomic mass is 10.2. The highest BCUT2D eigenvalue weighted by Crippen LogP contribution is 2.25. The molecule has 2 aromatic carbocycles. The van der Waals surface area contributed by atoms with Gasteiger partial charge in [0.05, 0.1) is 4.92 Å². The minimum absolute atomic E-state index is 0.308. The lowest BCUT2D eigenvalue weighted by Gasteiger charge is -2.00. The summed E-state index contributed by atoms with van der Waals surface area (Å²) in [6.45, 7) is 0. The zero-order chi connectivity index (χ0) is 14.6. The van der Waals surface area contributed by atoms with Gasteiger partial charge in [-0.05, 0) is 17.7 Å². The molecule has 0 unspecified atom stereocenters. The molecule has 5 nitrogen and oxygen atoms in total. The summed E-state index contributed by atoms with van der Waals surface area (Å²) in [4.78, 5) is 9.85. The standard InChI is InChI=1S/C14H11NO4S/c16-15(17)13-8-4-5-9-14(13)20(18,19)11-10-12-6-2-1-3-7-12/h1-11H/b11-10+. The Balaban J connectivity index is 2.42. The van der Waals surface area contributed by atoms with Crippen LogP contribution in [0.5, 0.6) is 0 Å². The first-order valence-corrected chi connectivity index (χ1v) is 7.27. The smallest absolute Gasteiger partial charge is 0.258 e. The van der Waals surface area contributed by atoms with Crippen LogP contribution in [0.2, 0.25) is 0 Å². The Hall–Kier alpha value is -2.47. The van der Waals surface area contributed by atoms with Crippen LogP contribution in [0, 0.1) is 10.1 Å². The summed E-state index contributed by atoms with van der Waals surface area (Å²) >= 11 is 0. The lowest BCUT2D eigenvalue weighted by molar-refractivity contribution is -0.387. The molecule has 6 heteroatoms. The number of nitro benzene ring substituents is 1. The lowest BCUT2D eigenvalue weighted by Crippen LogP contribution is -2.01. The number of nitro groups is 1. The van der Waals surface area contributed by atoms with Gasteiger partial charge in [0.15, 0.2) is 0 Å². The Morgan fingerprint density at radius 1 is 0.950 bits per heavy atom. The van der Waals surface area contributed by atoms with Gasteiger partial charge in [0, 0.05) is 11.5 Å². The van der Waals surface area contributed by atoms with Crippen molar-refractivity contribution in [3.05, 3.63) is 75.7 Å². The molecule has 102 valence electrons. The van der Waals surface area contributed by atoms with Crippen molar-refractivity contribution in [1.82, 2.24) is 0 Å². The molecule has 0 heterocycles. The highest BCUT2D eigenvalue weighted by molar-refractivity contribution is 7.94. The molecule has 0 aliphatic carbocycles. The van der Waals surface area contributed by atoms with E-state index in [9.17, 15) is 18.5 Å². The minimum atomic E-state index is -3.86. The van der Waals surface area contributed by atoms with E-state index in [0.29, 0.717) is 5.56 Å². The predicted octanol–water partition coefficient (Wildman–Crippen LogP) is 3.04. The molecule has 0 N–H and O–H groups in total. The van der Waals surface area contributed by atoms with E-state index >= 15 is 0 Å². The fourth-order valence-corrected chi connectivity index (χ4v) is 2.84. The molecule has 0 fully saturated rings. The van der Waals surface area contributed by atoms with E-state index in [1.165, 1.54) is 30.3 Å². The van der Waals surface area contributed by atoms with Crippen LogP contribution in [0.15, 0.2) is 64.9 Å². The van der Waals surface area contributed by atoms with Gasteiger partial charge in [-0.1, -0.05) is 42.5 Å². The van der Waals surface area contributed by atoms with E-state index in [-0.39, 0.29) is 4.90 Å². The Morgan fingerprint density at radius 3 is 2.20 bits per heavy atom. The van der Waals surface area contributed by atoms with E-state index in [0.717, 1.165) is 5.41 Å². The maximum atomic E-state index is 12.1. The van der Waals surface area contributed by atoms with Crippen LogP contribution in [0.25, 0.3) is 6.08 Å². The second kappa shape index (κ2) is 5.66. The van der Waals surface area contributed by atoms with E-state index < -0.39 is 20.4 Å². The molecule has 20 heavy (non-hydrogen) atoms. The normalized spacial score (nSPS) is 11.6. The average molecular weight is 289 g/mol. The van der Waals surface area contributed by atoms with Crippen molar-refractivity contribution in [2.45, 2.75) is 4.90 Å². The fraction of sp³-hybridized carbons (Fsp3) is 0. The van der Waals surface area contributed by atoms with Crippen LogP contribution in [0.1, 0.15) is 5.56 Å². The Bertz CT molecular complexity index is 752. The third kappa shape index (κ3) is 3.10. The average Bonchev–Trinajstić information content (AvgIpc) is 2.46. The number of hydrogen-bond donors (Lipinski definition) is 0. The van der Waals surface area contributed by atoms with Gasteiger partial charge >= 0.3 is 0 Å². The van der Waals surface area contributed by atoms with Crippen molar-refractivity contribution in [3.8, 4) is 0 Å². The first-order chi connectivity index (χ1) is 9.50. The van der Waals surface area contributed by atoms with Gasteiger partial charge in [0.2, 0.25) is 9.84 Å². The molecule has 0 saturated carbocycles. The highest BCUT2D eigenvalue weighted by Gasteiger charge is 2.22. The summed E-state index contributed by atoms with van der Waals surface area (Å²) in [6.07, 6.45) is 1.41. The van der Waals surface area contributed by atoms with Gasteiger partial charge in [0.25, 0.3) is 5.69 Å². The van der Waals surface area contributed by atoms with E-state index in [1.807, 2.05) is 6.07 Å². The molecule has 0 amide bonds. The van der Waals surface area contributed by atoms with Gasteiger partial charge in [0.1, 0.15) is 4.90 Å². The molecule has 0 spiro atoms. The van der Waals surface area contributed by atoms with Gasteiger partial charge in [-0.25, -0.2) is 8.42 Å². The first kappa shape index (κ1) is 14.0. The van der Waals surface area contributed by atoms with Crippen LogP contribution in [0.3, 0.4) is 0 Å². The second-order valence-corrected chi connectivity index (χ2v) is 5.79. The third-order valence-corrected chi connectivity index (χ3v) is 4.06. The molecule has 0 saturated heterocycles. The molecule has 0 radical (unpaired) electrons. The number of benzene rings is 2. The van der Waals surface area contributed by atoms with Crippen molar-refractivity contribution in [2.75, 3.05) is 0 Å². The maximum absolute atomic E-state index is 12.1. The summed E-state index contributed by atoms with van der Waals surface area (Å²) in [5.74, 6) is 0. The van der Waals surface area contributed by atoms with Gasteiger partial charge in [-0.15, -0.1) is 0 Å². The monoisotopic (exact) mass is 289 g/mol. The Labute approximate surface area is 116 Å². The number of para-hydroxylation sites is 1. The number of hydrogen-bond acceptors (Lipinski definition) is 4. The first-order valence-electron chi connectivity index (χ1n) is 5.72. The Morgan fingerprint density at radius 2 is 1.55 bits per heavy atom. The van der Waals surface area contributed by atoms with Crippen molar-refractivity contribution in [3.63, 3.8) is 0 Å². The summed E-state index contributed by atoms with van der Waals surface area (Å²) in [5, 5.41) is 11.8. The number of rotatable bonds is 4. The molecule has 2 rings (SSSR count). The van der Waals surface area contributed by atoms with E-state index in [1.54, 1.807) is 24.3 Å². The predicted molar refractivity (Wildman–Crippen MR) is 75.8 cm³/mol. The highest BCUT2D eigenvalue weighted by atomic mass is 32.2. The molecule has 0 aliphatic heterocycles. The Kier molecular flexibility index (Phi) is 3.95. The molecule has 0 bridgehead atoms. The molecule has 0 atom stereocenters. The topological polar surface area (TPSA) is 77.3 Å². The zero-order valence-corrected chi connectivity index (χ0v) is 11.2. The third-order valence-electron chi connectivity index (χ3n) is 2.61. The summed E-state index contributed by atoms with van der Waals surface area (Å²) in [7, 11) is -3.86. The van der Waals surface area contributed by atoms with Gasteiger partial charge in [-0.3, -0.25) is 10.1 Å². The summed E-state index contributed by atoms with van der Waals surface area (Å²) < 4.78 is 24.3.